The molecule has 0 spiro atoms. The molecule has 0 aliphatic carbocycles. The van der Waals surface area contributed by atoms with Gasteiger partial charge in [-0.15, -0.1) is 0 Å². The van der Waals surface area contributed by atoms with Gasteiger partial charge in [0.1, 0.15) is 34.3 Å². The van der Waals surface area contributed by atoms with Crippen molar-refractivity contribution in [2.45, 2.75) is 156 Å². The van der Waals surface area contributed by atoms with Crippen LogP contribution in [0.15, 0.2) is 84.9 Å². The highest BCUT2D eigenvalue weighted by atomic mass is 35.5. The predicted molar refractivity (Wildman–Crippen MR) is 310 cm³/mol. The number of nitrogens with one attached hydrogen (secondary N) is 2. The van der Waals surface area contributed by atoms with Crippen LogP contribution in [-0.4, -0.2) is 113 Å². The third kappa shape index (κ3) is 20.0. The molecule has 4 bridgehead atoms. The van der Waals surface area contributed by atoms with E-state index in [9.17, 15) is 38.7 Å². The van der Waals surface area contributed by atoms with Gasteiger partial charge < -0.3 is 49.1 Å². The molecule has 0 radical (unpaired) electrons. The van der Waals surface area contributed by atoms with E-state index in [-0.39, 0.29) is 59.8 Å². The first-order valence-electron chi connectivity index (χ1n) is 27.6. The standard InChI is InChI=1S/C63H78ClN3O16/c1-36(54(71)57(74)78-13)30-49(69)47-33-38-17-27-51(79-59(76)82-62(6,7)8)45(32-38)46-34-42(24-28-52(46)80-60(77)83-63(9,10)11)53(50(70)31-37(2)55(72)66-47)67(12)56(73)43(16-14-15-29-65-58(75)81-61(3,4)5)35-48(68)41-20-18-39(19-21-41)40-22-25-44(64)26-23-40/h17-28,32,34,36-37,43,47,53-54,71H,14-16,29-31,33,35H2,1-13H3,(H,65,75)(H,66,72)/t36-,37-,43-,47+,53+,54?/m1/s1. The summed E-state index contributed by atoms with van der Waals surface area (Å²) >= 11 is 6.13. The van der Waals surface area contributed by atoms with Crippen LogP contribution < -0.4 is 20.1 Å². The van der Waals surface area contributed by atoms with E-state index >= 15 is 9.59 Å². The number of benzene rings is 4. The SMILES string of the molecule is COC(=O)C(O)[C@H](C)CC(=O)[C@@H]1Cc2ccc(OC(=O)OC(C)(C)C)c(c2)-c2cc(ccc2OC(=O)OC(C)(C)C)[C@H](N(C)C(=O)[C@H](CCCCNC(=O)OC(C)(C)C)CC(=O)c2ccc(-c3ccc(Cl)cc3)cc2)C(=O)C[C@@H](C)C(=O)N1. The largest absolute Gasteiger partial charge is 0.514 e. The molecule has 5 rings (SSSR count). The lowest BCUT2D eigenvalue weighted by Gasteiger charge is -2.32. The topological polar surface area (TPSA) is 257 Å². The lowest BCUT2D eigenvalue weighted by atomic mass is 9.87. The Labute approximate surface area is 490 Å². The Morgan fingerprint density at radius 2 is 1.27 bits per heavy atom. The first kappa shape index (κ1) is 66.2. The highest BCUT2D eigenvalue weighted by Crippen LogP contribution is 2.42. The van der Waals surface area contributed by atoms with E-state index in [1.165, 1.54) is 62.2 Å². The van der Waals surface area contributed by atoms with Crippen molar-refractivity contribution >= 4 is 65.1 Å². The smallest absolute Gasteiger partial charge is 0.467 e. The fraction of sp³-hybridized carbons (Fsp3) is 0.476. The highest BCUT2D eigenvalue weighted by Gasteiger charge is 2.38. The number of hydrogen-bond acceptors (Lipinski definition) is 16. The van der Waals surface area contributed by atoms with E-state index in [2.05, 4.69) is 10.6 Å². The Bertz CT molecular complexity index is 3010. The summed E-state index contributed by atoms with van der Waals surface area (Å²) in [5.41, 5.74) is -0.103. The predicted octanol–water partition coefficient (Wildman–Crippen LogP) is 11.2. The van der Waals surface area contributed by atoms with Gasteiger partial charge in [0.15, 0.2) is 23.5 Å². The second kappa shape index (κ2) is 28.6. The summed E-state index contributed by atoms with van der Waals surface area (Å²) in [7, 11) is 2.50. The van der Waals surface area contributed by atoms with E-state index < -0.39 is 113 Å². The highest BCUT2D eigenvalue weighted by molar-refractivity contribution is 6.30. The number of methoxy groups -OCH3 is 1. The molecule has 0 saturated carbocycles. The third-order valence-corrected chi connectivity index (χ3v) is 13.5. The first-order chi connectivity index (χ1) is 38.7. The number of ether oxygens (including phenoxy) is 6. The third-order valence-electron chi connectivity index (χ3n) is 13.3. The summed E-state index contributed by atoms with van der Waals surface area (Å²) in [6.45, 7) is 18.2. The number of aliphatic hydroxyl groups excluding tert-OH is 1. The summed E-state index contributed by atoms with van der Waals surface area (Å²) in [4.78, 5) is 127. The zero-order valence-electron chi connectivity index (χ0n) is 49.6. The van der Waals surface area contributed by atoms with Crippen molar-refractivity contribution < 1.29 is 76.7 Å². The summed E-state index contributed by atoms with van der Waals surface area (Å²) in [5.74, 6) is -7.30. The number of aliphatic hydroxyl groups is 1. The molecule has 1 unspecified atom stereocenters. The summed E-state index contributed by atoms with van der Waals surface area (Å²) in [6.07, 6.45) is -5.05. The number of halogens is 1. The number of hydrogen-bond donors (Lipinski definition) is 3. The molecular weight excluding hydrogens is 1090 g/mol. The number of amides is 3. The van der Waals surface area contributed by atoms with Crippen LogP contribution in [0.25, 0.3) is 22.3 Å². The van der Waals surface area contributed by atoms with Crippen LogP contribution in [0, 0.1) is 17.8 Å². The van der Waals surface area contributed by atoms with E-state index in [4.69, 9.17) is 40.0 Å². The molecule has 0 aromatic heterocycles. The van der Waals surface area contributed by atoms with Crippen LogP contribution in [0.4, 0.5) is 14.4 Å². The minimum absolute atomic E-state index is 0.0468. The molecule has 3 N–H and O–H groups in total. The minimum atomic E-state index is -1.68. The quantitative estimate of drug-likeness (QED) is 0.0275. The van der Waals surface area contributed by atoms with Crippen LogP contribution in [-0.2, 0) is 49.3 Å². The first-order valence-corrected chi connectivity index (χ1v) is 27.9. The van der Waals surface area contributed by atoms with Crippen molar-refractivity contribution in [3.63, 3.8) is 0 Å². The molecule has 4 aromatic carbocycles. The Kier molecular flexibility index (Phi) is 22.8. The van der Waals surface area contributed by atoms with Crippen molar-refractivity contribution in [3.8, 4) is 33.8 Å². The number of fused-ring (bicyclic) bond motifs is 5. The van der Waals surface area contributed by atoms with Gasteiger partial charge in [-0.2, -0.15) is 0 Å². The van der Waals surface area contributed by atoms with Crippen LogP contribution in [0.5, 0.6) is 11.5 Å². The fourth-order valence-corrected chi connectivity index (χ4v) is 9.30. The van der Waals surface area contributed by atoms with Gasteiger partial charge in [-0.25, -0.2) is 19.2 Å². The van der Waals surface area contributed by atoms with Gasteiger partial charge in [-0.3, -0.25) is 24.0 Å². The Morgan fingerprint density at radius 3 is 1.82 bits per heavy atom. The Morgan fingerprint density at radius 1 is 0.723 bits per heavy atom. The van der Waals surface area contributed by atoms with Gasteiger partial charge in [0.05, 0.1) is 13.2 Å². The number of esters is 1. The maximum absolute atomic E-state index is 15.4. The van der Waals surface area contributed by atoms with E-state index in [1.54, 1.807) is 98.7 Å². The molecule has 1 heterocycles. The van der Waals surface area contributed by atoms with Crippen LogP contribution in [0.3, 0.4) is 0 Å². The normalized spacial score (nSPS) is 16.8. The van der Waals surface area contributed by atoms with Gasteiger partial charge in [0.25, 0.3) is 0 Å². The molecule has 20 heteroatoms. The van der Waals surface area contributed by atoms with Crippen molar-refractivity contribution in [2.24, 2.45) is 17.8 Å². The monoisotopic (exact) mass is 1170 g/mol. The maximum atomic E-state index is 15.4. The van der Waals surface area contributed by atoms with Crippen LogP contribution in [0.2, 0.25) is 5.02 Å². The molecule has 448 valence electrons. The number of ketones is 3. The summed E-state index contributed by atoms with van der Waals surface area (Å²) in [5, 5.41) is 16.7. The van der Waals surface area contributed by atoms with Crippen LogP contribution >= 0.6 is 11.6 Å². The lowest BCUT2D eigenvalue weighted by Crippen LogP contribution is -2.46. The minimum Gasteiger partial charge on any atom is -0.467 e. The number of unbranched alkanes of at least 4 members (excludes halogenated alkanes) is 1. The molecule has 19 nitrogen and oxygen atoms in total. The average molecular weight is 1170 g/mol. The van der Waals surface area contributed by atoms with Gasteiger partial charge in [-0.05, 0) is 146 Å². The van der Waals surface area contributed by atoms with Crippen molar-refractivity contribution in [2.75, 3.05) is 20.7 Å². The number of carbonyl (C=O) groups is 9. The Hall–Kier alpha value is -7.64. The van der Waals surface area contributed by atoms with E-state index in [0.29, 0.717) is 29.0 Å². The molecule has 0 saturated heterocycles. The van der Waals surface area contributed by atoms with Crippen molar-refractivity contribution in [1.82, 2.24) is 15.5 Å². The Balaban J connectivity index is 1.67. The van der Waals surface area contributed by atoms with Crippen molar-refractivity contribution in [1.29, 1.82) is 0 Å². The van der Waals surface area contributed by atoms with Crippen molar-refractivity contribution in [3.05, 3.63) is 107 Å². The molecule has 1 aliphatic rings. The van der Waals surface area contributed by atoms with Gasteiger partial charge in [0.2, 0.25) is 11.8 Å². The number of rotatable bonds is 18. The average Bonchev–Trinajstić information content (AvgIpc) is 3.52. The number of Topliss-reactive ketones (excluding diaryl/α,β-unsaturated/α-hetero) is 3. The number of alkyl carbamates (subject to hydrolysis) is 1. The zero-order chi connectivity index (χ0) is 61.7. The van der Waals surface area contributed by atoms with Gasteiger partial charge in [0, 0.05) is 66.4 Å². The molecule has 0 fully saturated rings. The molecule has 6 atom stereocenters. The zero-order valence-corrected chi connectivity index (χ0v) is 50.4. The van der Waals surface area contributed by atoms with Gasteiger partial charge >= 0.3 is 24.4 Å². The number of carbonyl (C=O) groups excluding carboxylic acids is 9. The maximum Gasteiger partial charge on any atom is 0.514 e. The second-order valence-electron chi connectivity index (χ2n) is 23.9. The van der Waals surface area contributed by atoms with Crippen LogP contribution in [0.1, 0.15) is 142 Å². The van der Waals surface area contributed by atoms with E-state index in [1.807, 2.05) is 12.1 Å². The number of nitrogens with zero attached hydrogens (tertiary/aromatic N) is 1. The summed E-state index contributed by atoms with van der Waals surface area (Å²) < 4.78 is 32.9. The lowest BCUT2D eigenvalue weighted by molar-refractivity contribution is -0.153. The van der Waals surface area contributed by atoms with Gasteiger partial charge in [-0.1, -0.05) is 80.4 Å². The molecule has 4 aromatic rings. The number of likely N-dealkylation sites (N-methyl/N-ethyl adjacent to an activating group) is 1. The second-order valence-corrected chi connectivity index (χ2v) is 24.3. The van der Waals surface area contributed by atoms with E-state index in [0.717, 1.165) is 18.2 Å². The molecule has 1 aliphatic heterocycles. The summed E-state index contributed by atoms with van der Waals surface area (Å²) in [6, 6.07) is 20.1. The molecular formula is C63H78ClN3O16. The fourth-order valence-electron chi connectivity index (χ4n) is 9.17. The molecule has 83 heavy (non-hydrogen) atoms. The molecule has 3 amide bonds.